The fraction of sp³-hybridized carbons (Fsp3) is 0.667. The number of aliphatic hydroxyl groups is 1. The third-order valence-corrected chi connectivity index (χ3v) is 9.95. The monoisotopic (exact) mass is 496 g/mol. The van der Waals surface area contributed by atoms with E-state index in [4.69, 9.17) is 0 Å². The first kappa shape index (κ1) is 23.4. The van der Waals surface area contributed by atoms with Crippen molar-refractivity contribution < 1.29 is 14.7 Å². The van der Waals surface area contributed by atoms with Gasteiger partial charge >= 0.3 is 0 Å². The second-order valence-corrected chi connectivity index (χ2v) is 12.0. The minimum Gasteiger partial charge on any atom is -0.393 e. The van der Waals surface area contributed by atoms with E-state index in [1.54, 1.807) is 4.90 Å². The van der Waals surface area contributed by atoms with Crippen molar-refractivity contribution in [2.45, 2.75) is 51.0 Å². The van der Waals surface area contributed by atoms with E-state index in [0.717, 1.165) is 44.7 Å². The normalized spacial score (nSPS) is 34.5. The first-order valence-electron chi connectivity index (χ1n) is 13.4. The van der Waals surface area contributed by atoms with Gasteiger partial charge in [0.1, 0.15) is 5.82 Å². The number of carbonyl (C=O) groups excluding carboxylic acids is 2. The summed E-state index contributed by atoms with van der Waals surface area (Å²) in [5.74, 6) is 1.99. The summed E-state index contributed by atoms with van der Waals surface area (Å²) in [6.45, 7) is 3.17. The Morgan fingerprint density at radius 3 is 2.46 bits per heavy atom. The Kier molecular flexibility index (Phi) is 6.54. The molecule has 3 saturated carbocycles. The van der Waals surface area contributed by atoms with Gasteiger partial charge in [0.05, 0.1) is 22.6 Å². The minimum absolute atomic E-state index is 0.0542. The molecule has 3 aliphatic carbocycles. The zero-order chi connectivity index (χ0) is 23.9. The second-order valence-electron chi connectivity index (χ2n) is 11.2. The maximum absolute atomic E-state index is 13.3. The summed E-state index contributed by atoms with van der Waals surface area (Å²) < 4.78 is 5.73. The van der Waals surface area contributed by atoms with Crippen molar-refractivity contribution in [3.63, 3.8) is 0 Å². The molecule has 6 rings (SSSR count). The molecule has 0 spiro atoms. The molecule has 2 amide bonds. The first-order valence-corrected chi connectivity index (χ1v) is 14.2. The Hall–Kier alpha value is -2.03. The van der Waals surface area contributed by atoms with Crippen LogP contribution in [0.3, 0.4) is 0 Å². The highest BCUT2D eigenvalue weighted by Gasteiger charge is 2.60. The lowest BCUT2D eigenvalue weighted by atomic mass is 9.78. The highest BCUT2D eigenvalue weighted by molar-refractivity contribution is 7.13. The van der Waals surface area contributed by atoms with Crippen molar-refractivity contribution in [1.29, 1.82) is 0 Å². The maximum atomic E-state index is 13.3. The van der Waals surface area contributed by atoms with Crippen molar-refractivity contribution in [1.82, 2.24) is 14.6 Å². The predicted molar refractivity (Wildman–Crippen MR) is 137 cm³/mol. The molecule has 0 radical (unpaired) electrons. The standard InChI is InChI=1S/C27H36N4O3S/c32-20-12-18-11-19(13-20)24-23(18)26(33)31(27(24)34)15-17-6-2-1-5-16(17)14-28-9-10-29-25-21-7-3-4-8-22(21)35-30-25/h3-4,7-8,16-20,23-24,28,32H,1-2,5-6,9-15H2,(H,29,30)/t16?,17-,18-,19+,20?,23-,24+/m0/s1. The zero-order valence-corrected chi connectivity index (χ0v) is 21.0. The van der Waals surface area contributed by atoms with E-state index in [1.165, 1.54) is 34.5 Å². The van der Waals surface area contributed by atoms with Crippen LogP contribution >= 0.6 is 11.5 Å². The largest absolute Gasteiger partial charge is 0.393 e. The number of likely N-dealkylation sites (tertiary alicyclic amines) is 1. The number of aliphatic hydroxyl groups excluding tert-OH is 1. The van der Waals surface area contributed by atoms with Crippen LogP contribution in [0.5, 0.6) is 0 Å². The van der Waals surface area contributed by atoms with Gasteiger partial charge in [-0.25, -0.2) is 0 Å². The summed E-state index contributed by atoms with van der Waals surface area (Å²) in [7, 11) is 0. The number of benzene rings is 1. The van der Waals surface area contributed by atoms with Crippen molar-refractivity contribution in [2.75, 3.05) is 31.5 Å². The molecule has 7 atom stereocenters. The smallest absolute Gasteiger partial charge is 0.233 e. The molecule has 2 heterocycles. The number of carbonyl (C=O) groups is 2. The number of hydrogen-bond acceptors (Lipinski definition) is 7. The summed E-state index contributed by atoms with van der Waals surface area (Å²) in [6, 6.07) is 8.28. The predicted octanol–water partition coefficient (Wildman–Crippen LogP) is 3.50. The van der Waals surface area contributed by atoms with Gasteiger partial charge in [-0.3, -0.25) is 14.5 Å². The van der Waals surface area contributed by atoms with Crippen LogP contribution in [0.4, 0.5) is 5.82 Å². The number of anilines is 1. The van der Waals surface area contributed by atoms with Crippen LogP contribution in [0, 0.1) is 35.5 Å². The lowest BCUT2D eigenvalue weighted by molar-refractivity contribution is -0.142. The van der Waals surface area contributed by atoms with E-state index in [-0.39, 0.29) is 41.6 Å². The molecule has 4 fully saturated rings. The average molecular weight is 497 g/mol. The molecular weight excluding hydrogens is 460 g/mol. The summed E-state index contributed by atoms with van der Waals surface area (Å²) in [4.78, 5) is 28.3. The fourth-order valence-electron chi connectivity index (χ4n) is 7.51. The first-order chi connectivity index (χ1) is 17.1. The Bertz CT molecular complexity index is 1060. The van der Waals surface area contributed by atoms with Crippen LogP contribution in [0.2, 0.25) is 0 Å². The summed E-state index contributed by atoms with van der Waals surface area (Å²) in [5, 5.41) is 18.4. The number of amides is 2. The third-order valence-electron chi connectivity index (χ3n) is 9.12. The van der Waals surface area contributed by atoms with Crippen molar-refractivity contribution >= 4 is 39.3 Å². The Labute approximate surface area is 210 Å². The van der Waals surface area contributed by atoms with Crippen LogP contribution in [-0.4, -0.2) is 58.5 Å². The van der Waals surface area contributed by atoms with Gasteiger partial charge in [-0.2, -0.15) is 4.37 Å². The van der Waals surface area contributed by atoms with E-state index >= 15 is 0 Å². The van der Waals surface area contributed by atoms with Crippen molar-refractivity contribution in [3.05, 3.63) is 24.3 Å². The highest BCUT2D eigenvalue weighted by Crippen LogP contribution is 2.54. The number of imide groups is 1. The molecule has 1 aromatic carbocycles. The number of nitrogens with one attached hydrogen (secondary N) is 2. The lowest BCUT2D eigenvalue weighted by Crippen LogP contribution is -2.43. The van der Waals surface area contributed by atoms with Gasteiger partial charge in [-0.05, 0) is 86.0 Å². The van der Waals surface area contributed by atoms with Gasteiger partial charge in [0, 0.05) is 25.0 Å². The molecule has 35 heavy (non-hydrogen) atoms. The van der Waals surface area contributed by atoms with Crippen molar-refractivity contribution in [3.8, 4) is 0 Å². The molecule has 7 nitrogen and oxygen atoms in total. The van der Waals surface area contributed by atoms with Crippen molar-refractivity contribution in [2.24, 2.45) is 35.5 Å². The summed E-state index contributed by atoms with van der Waals surface area (Å²) >= 11 is 1.52. The molecule has 4 aliphatic rings. The maximum Gasteiger partial charge on any atom is 0.233 e. The quantitative estimate of drug-likeness (QED) is 0.383. The van der Waals surface area contributed by atoms with Gasteiger partial charge in [-0.15, -0.1) is 0 Å². The molecule has 1 saturated heterocycles. The molecular formula is C27H36N4O3S. The van der Waals surface area contributed by atoms with E-state index in [0.29, 0.717) is 31.2 Å². The summed E-state index contributed by atoms with van der Waals surface area (Å²) in [5.41, 5.74) is 0. The number of hydrogen-bond donors (Lipinski definition) is 3. The molecule has 2 unspecified atom stereocenters. The van der Waals surface area contributed by atoms with Crippen LogP contribution in [0.1, 0.15) is 44.9 Å². The Morgan fingerprint density at radius 1 is 0.971 bits per heavy atom. The molecule has 8 heteroatoms. The Balaban J connectivity index is 1.02. The van der Waals surface area contributed by atoms with Gasteiger partial charge < -0.3 is 15.7 Å². The van der Waals surface area contributed by atoms with E-state index in [9.17, 15) is 14.7 Å². The molecule has 188 valence electrons. The van der Waals surface area contributed by atoms with Crippen LogP contribution in [0.15, 0.2) is 24.3 Å². The van der Waals surface area contributed by atoms with Gasteiger partial charge in [-0.1, -0.05) is 25.0 Å². The fourth-order valence-corrected chi connectivity index (χ4v) is 8.26. The molecule has 1 aliphatic heterocycles. The number of aromatic nitrogens is 1. The zero-order valence-electron chi connectivity index (χ0n) is 20.2. The number of nitrogens with zero attached hydrogens (tertiary/aromatic N) is 2. The van der Waals surface area contributed by atoms with Gasteiger partial charge in [0.2, 0.25) is 11.8 Å². The van der Waals surface area contributed by atoms with Crippen LogP contribution in [0.25, 0.3) is 10.1 Å². The Morgan fingerprint density at radius 2 is 1.69 bits per heavy atom. The second kappa shape index (κ2) is 9.79. The minimum atomic E-state index is -0.337. The van der Waals surface area contributed by atoms with E-state index < -0.39 is 0 Å². The molecule has 2 aromatic rings. The topological polar surface area (TPSA) is 94.6 Å². The lowest BCUT2D eigenvalue weighted by Gasteiger charge is -2.35. The van der Waals surface area contributed by atoms with E-state index in [1.807, 2.05) is 12.1 Å². The number of rotatable bonds is 8. The SMILES string of the molecule is O=C1[C@@H]2[C@H]3CC(O)C[C@H](C3)[C@@H]2C(=O)N1C[C@@H]1CCCCC1CNCCNc1nsc2ccccc12. The molecule has 2 bridgehead atoms. The van der Waals surface area contributed by atoms with Gasteiger partial charge in [0.15, 0.2) is 0 Å². The summed E-state index contributed by atoms with van der Waals surface area (Å²) in [6.07, 6.45) is 6.63. The average Bonchev–Trinajstić information content (AvgIpc) is 3.47. The molecule has 3 N–H and O–H groups in total. The third kappa shape index (κ3) is 4.38. The number of fused-ring (bicyclic) bond motifs is 6. The van der Waals surface area contributed by atoms with E-state index in [2.05, 4.69) is 27.1 Å². The van der Waals surface area contributed by atoms with Crippen LogP contribution < -0.4 is 10.6 Å². The van der Waals surface area contributed by atoms with Gasteiger partial charge in [0.25, 0.3) is 0 Å². The molecule has 1 aromatic heterocycles. The van der Waals surface area contributed by atoms with Crippen LogP contribution in [-0.2, 0) is 9.59 Å². The highest BCUT2D eigenvalue weighted by atomic mass is 32.1.